The molecule has 2 aromatic rings. The van der Waals surface area contributed by atoms with Gasteiger partial charge in [0.2, 0.25) is 0 Å². The predicted octanol–water partition coefficient (Wildman–Crippen LogP) is 3.65. The van der Waals surface area contributed by atoms with E-state index in [-0.39, 0.29) is 6.61 Å². The fourth-order valence-electron chi connectivity index (χ4n) is 1.93. The molecule has 1 N–H and O–H groups in total. The van der Waals surface area contributed by atoms with Crippen molar-refractivity contribution in [2.45, 2.75) is 0 Å². The predicted molar refractivity (Wildman–Crippen MR) is 99.9 cm³/mol. The number of rotatable bonds is 7. The molecular formula is C17H16BrClN2O4. The minimum atomic E-state index is -0.407. The lowest BCUT2D eigenvalue weighted by Crippen LogP contribution is -2.24. The van der Waals surface area contributed by atoms with Crippen molar-refractivity contribution in [3.8, 4) is 17.2 Å². The first kappa shape index (κ1) is 19.1. The van der Waals surface area contributed by atoms with Gasteiger partial charge in [0.1, 0.15) is 5.75 Å². The first-order valence-electron chi connectivity index (χ1n) is 7.16. The number of benzene rings is 2. The zero-order valence-corrected chi connectivity index (χ0v) is 15.9. The van der Waals surface area contributed by atoms with Crippen LogP contribution in [0.1, 0.15) is 5.56 Å². The summed E-state index contributed by atoms with van der Waals surface area (Å²) in [5.74, 6) is 1.16. The van der Waals surface area contributed by atoms with Gasteiger partial charge in [-0.1, -0.05) is 23.7 Å². The van der Waals surface area contributed by atoms with Crippen LogP contribution in [0.25, 0.3) is 0 Å². The van der Waals surface area contributed by atoms with Crippen molar-refractivity contribution in [1.29, 1.82) is 0 Å². The molecule has 0 saturated heterocycles. The van der Waals surface area contributed by atoms with Crippen molar-refractivity contribution < 1.29 is 19.0 Å². The zero-order chi connectivity index (χ0) is 18.2. The van der Waals surface area contributed by atoms with E-state index in [9.17, 15) is 4.79 Å². The largest absolute Gasteiger partial charge is 0.493 e. The summed E-state index contributed by atoms with van der Waals surface area (Å²) >= 11 is 9.34. The lowest BCUT2D eigenvalue weighted by atomic mass is 10.2. The first-order valence-corrected chi connectivity index (χ1v) is 8.33. The van der Waals surface area contributed by atoms with Crippen LogP contribution in [-0.4, -0.2) is 32.9 Å². The molecule has 0 fully saturated rings. The molecule has 25 heavy (non-hydrogen) atoms. The molecule has 6 nitrogen and oxygen atoms in total. The number of carbonyl (C=O) groups is 1. The monoisotopic (exact) mass is 426 g/mol. The van der Waals surface area contributed by atoms with Crippen LogP contribution in [0.4, 0.5) is 0 Å². The Morgan fingerprint density at radius 1 is 1.24 bits per heavy atom. The molecule has 2 rings (SSSR count). The number of ether oxygens (including phenoxy) is 3. The molecule has 0 aliphatic rings. The standard InChI is InChI=1S/C17H16BrClN2O4/c1-23-15-8-11(7-12(18)17(15)24-2)9-20-21-16(22)10-25-14-6-4-3-5-13(14)19/h3-9H,10H2,1-2H3,(H,21,22)/b20-9+. The van der Waals surface area contributed by atoms with Gasteiger partial charge in [-0.3, -0.25) is 4.79 Å². The Bertz CT molecular complexity index is 783. The van der Waals surface area contributed by atoms with E-state index in [0.717, 1.165) is 5.56 Å². The second kappa shape index (κ2) is 9.29. The quantitative estimate of drug-likeness (QED) is 0.541. The van der Waals surface area contributed by atoms with Gasteiger partial charge < -0.3 is 14.2 Å². The van der Waals surface area contributed by atoms with Crippen molar-refractivity contribution in [2.24, 2.45) is 5.10 Å². The molecule has 0 heterocycles. The zero-order valence-electron chi connectivity index (χ0n) is 13.6. The van der Waals surface area contributed by atoms with Crippen LogP contribution < -0.4 is 19.6 Å². The highest BCUT2D eigenvalue weighted by Gasteiger charge is 2.09. The number of para-hydroxylation sites is 1. The molecule has 8 heteroatoms. The highest BCUT2D eigenvalue weighted by Crippen LogP contribution is 2.35. The van der Waals surface area contributed by atoms with Crippen LogP contribution in [0.15, 0.2) is 46.0 Å². The molecule has 0 saturated carbocycles. The Morgan fingerprint density at radius 3 is 2.68 bits per heavy atom. The number of nitrogens with zero attached hydrogens (tertiary/aromatic N) is 1. The number of methoxy groups -OCH3 is 2. The van der Waals surface area contributed by atoms with Gasteiger partial charge in [-0.15, -0.1) is 0 Å². The van der Waals surface area contributed by atoms with Gasteiger partial charge >= 0.3 is 0 Å². The maximum Gasteiger partial charge on any atom is 0.277 e. The molecule has 0 atom stereocenters. The Labute approximate surface area is 158 Å². The molecular weight excluding hydrogens is 412 g/mol. The molecule has 0 radical (unpaired) electrons. The van der Waals surface area contributed by atoms with Gasteiger partial charge in [-0.2, -0.15) is 5.10 Å². The van der Waals surface area contributed by atoms with E-state index in [0.29, 0.717) is 26.7 Å². The maximum atomic E-state index is 11.8. The Morgan fingerprint density at radius 2 is 2.00 bits per heavy atom. The molecule has 2 aromatic carbocycles. The number of amides is 1. The van der Waals surface area contributed by atoms with Crippen LogP contribution in [0.5, 0.6) is 17.2 Å². The van der Waals surface area contributed by atoms with E-state index >= 15 is 0 Å². The van der Waals surface area contributed by atoms with Crippen molar-refractivity contribution in [1.82, 2.24) is 5.43 Å². The number of nitrogens with one attached hydrogen (secondary N) is 1. The average Bonchev–Trinajstić information content (AvgIpc) is 2.60. The summed E-state index contributed by atoms with van der Waals surface area (Å²) in [6, 6.07) is 10.4. The van der Waals surface area contributed by atoms with E-state index < -0.39 is 5.91 Å². The third kappa shape index (κ3) is 5.37. The summed E-state index contributed by atoms with van der Waals surface area (Å²) in [5.41, 5.74) is 3.10. The van der Waals surface area contributed by atoms with E-state index in [1.807, 2.05) is 0 Å². The van der Waals surface area contributed by atoms with E-state index in [4.69, 9.17) is 25.8 Å². The Balaban J connectivity index is 1.93. The fraction of sp³-hybridized carbons (Fsp3) is 0.176. The maximum absolute atomic E-state index is 11.8. The molecule has 0 spiro atoms. The summed E-state index contributed by atoms with van der Waals surface area (Å²) in [6.45, 7) is -0.198. The summed E-state index contributed by atoms with van der Waals surface area (Å²) in [4.78, 5) is 11.8. The Hall–Kier alpha value is -2.25. The van der Waals surface area contributed by atoms with Gasteiger partial charge in [0, 0.05) is 0 Å². The van der Waals surface area contributed by atoms with Gasteiger partial charge in [0.15, 0.2) is 18.1 Å². The molecule has 132 valence electrons. The molecule has 0 aromatic heterocycles. The van der Waals surface area contributed by atoms with Crippen molar-refractivity contribution in [2.75, 3.05) is 20.8 Å². The number of hydrazone groups is 1. The first-order chi connectivity index (χ1) is 12.0. The second-order valence-corrected chi connectivity index (χ2v) is 6.01. The lowest BCUT2D eigenvalue weighted by molar-refractivity contribution is -0.123. The molecule has 0 unspecified atom stereocenters. The SMILES string of the molecule is COc1cc(/C=N/NC(=O)COc2ccccc2Cl)cc(Br)c1OC. The van der Waals surface area contributed by atoms with Crippen molar-refractivity contribution >= 4 is 39.7 Å². The van der Waals surface area contributed by atoms with Gasteiger partial charge in [-0.25, -0.2) is 5.43 Å². The summed E-state index contributed by atoms with van der Waals surface area (Å²) < 4.78 is 16.5. The topological polar surface area (TPSA) is 69.2 Å². The van der Waals surface area contributed by atoms with E-state index in [1.165, 1.54) is 6.21 Å². The second-order valence-electron chi connectivity index (χ2n) is 4.75. The normalized spacial score (nSPS) is 10.6. The van der Waals surface area contributed by atoms with Crippen molar-refractivity contribution in [3.63, 3.8) is 0 Å². The highest BCUT2D eigenvalue weighted by molar-refractivity contribution is 9.10. The number of carbonyl (C=O) groups excluding carboxylic acids is 1. The summed E-state index contributed by atoms with van der Waals surface area (Å²) in [7, 11) is 3.09. The molecule has 0 aliphatic heterocycles. The number of hydrogen-bond acceptors (Lipinski definition) is 5. The lowest BCUT2D eigenvalue weighted by Gasteiger charge is -2.10. The van der Waals surface area contributed by atoms with Gasteiger partial charge in [-0.05, 0) is 45.8 Å². The highest BCUT2D eigenvalue weighted by atomic mass is 79.9. The number of hydrogen-bond donors (Lipinski definition) is 1. The summed E-state index contributed by atoms with van der Waals surface area (Å²) in [6.07, 6.45) is 1.49. The van der Waals surface area contributed by atoms with Crippen LogP contribution in [0.3, 0.4) is 0 Å². The van der Waals surface area contributed by atoms with Crippen LogP contribution >= 0.6 is 27.5 Å². The van der Waals surface area contributed by atoms with E-state index in [2.05, 4.69) is 26.5 Å². The Kier molecular flexibility index (Phi) is 7.09. The van der Waals surface area contributed by atoms with Gasteiger partial charge in [0.25, 0.3) is 5.91 Å². The van der Waals surface area contributed by atoms with Crippen LogP contribution in [-0.2, 0) is 4.79 Å². The molecule has 1 amide bonds. The van der Waals surface area contributed by atoms with Crippen LogP contribution in [0, 0.1) is 0 Å². The van der Waals surface area contributed by atoms with Gasteiger partial charge in [0.05, 0.1) is 29.9 Å². The molecule has 0 bridgehead atoms. The average molecular weight is 428 g/mol. The minimum absolute atomic E-state index is 0.198. The van der Waals surface area contributed by atoms with E-state index in [1.54, 1.807) is 50.6 Å². The third-order valence-corrected chi connectivity index (χ3v) is 3.96. The minimum Gasteiger partial charge on any atom is -0.493 e. The smallest absolute Gasteiger partial charge is 0.277 e. The third-order valence-electron chi connectivity index (χ3n) is 3.05. The van der Waals surface area contributed by atoms with Crippen LogP contribution in [0.2, 0.25) is 5.02 Å². The molecule has 0 aliphatic carbocycles. The van der Waals surface area contributed by atoms with Crippen molar-refractivity contribution in [3.05, 3.63) is 51.5 Å². The number of halogens is 2. The fourth-order valence-corrected chi connectivity index (χ4v) is 2.74. The summed E-state index contributed by atoms with van der Waals surface area (Å²) in [5, 5.41) is 4.33.